The van der Waals surface area contributed by atoms with Crippen molar-refractivity contribution in [2.75, 3.05) is 0 Å². The minimum Gasteiger partial charge on any atom is -0.0688 e. The van der Waals surface area contributed by atoms with E-state index in [1.165, 1.54) is 36.8 Å². The molecule has 0 spiro atoms. The van der Waals surface area contributed by atoms with Crippen LogP contribution in [0.1, 0.15) is 64.5 Å². The molecule has 2 aliphatic rings. The second kappa shape index (κ2) is 14.0. The summed E-state index contributed by atoms with van der Waals surface area (Å²) in [5.74, 6) is 0. The van der Waals surface area contributed by atoms with Crippen molar-refractivity contribution in [3.8, 4) is 0 Å². The smallest absolute Gasteiger partial charge is 0 e. The van der Waals surface area contributed by atoms with Crippen molar-refractivity contribution in [1.29, 1.82) is 0 Å². The van der Waals surface area contributed by atoms with Crippen LogP contribution in [0.4, 0.5) is 0 Å². The molecule has 3 aromatic carbocycles. The predicted molar refractivity (Wildman–Crippen MR) is 158 cm³/mol. The molecule has 0 amide bonds. The summed E-state index contributed by atoms with van der Waals surface area (Å²) in [4.78, 5) is 0. The zero-order chi connectivity index (χ0) is 23.9. The van der Waals surface area contributed by atoms with E-state index < -0.39 is 0 Å². The molecule has 3 aromatic rings. The molecule has 188 valence electrons. The Bertz CT molecular complexity index is 945. The first-order valence-electron chi connectivity index (χ1n) is 13.0. The number of rotatable bonds is 4. The summed E-state index contributed by atoms with van der Waals surface area (Å²) < 4.78 is 0. The quantitative estimate of drug-likeness (QED) is 0.191. The van der Waals surface area contributed by atoms with Gasteiger partial charge in [0.15, 0.2) is 0 Å². The van der Waals surface area contributed by atoms with Crippen molar-refractivity contribution in [2.24, 2.45) is 0 Å². The van der Waals surface area contributed by atoms with E-state index in [0.717, 1.165) is 22.6 Å². The summed E-state index contributed by atoms with van der Waals surface area (Å²) in [7, 11) is 0.157. The first kappa shape index (κ1) is 28.5. The monoisotopic (exact) mass is 681 g/mol. The van der Waals surface area contributed by atoms with Gasteiger partial charge >= 0.3 is 0 Å². The molecule has 2 aliphatic heterocycles. The first-order chi connectivity index (χ1) is 16.5. The topological polar surface area (TPSA) is 0 Å². The van der Waals surface area contributed by atoms with E-state index in [2.05, 4.69) is 88.4 Å². The molecule has 0 nitrogen and oxygen atoms in total. The van der Waals surface area contributed by atoms with Crippen molar-refractivity contribution in [3.05, 3.63) is 96.1 Å². The van der Waals surface area contributed by atoms with Gasteiger partial charge in [0.25, 0.3) is 0 Å². The van der Waals surface area contributed by atoms with Gasteiger partial charge in [0, 0.05) is 21.1 Å². The molecule has 3 heteroatoms. The Labute approximate surface area is 230 Å². The van der Waals surface area contributed by atoms with E-state index in [0.29, 0.717) is 0 Å². The Hall–Kier alpha value is -1.05. The van der Waals surface area contributed by atoms with Crippen LogP contribution in [0.2, 0.25) is 0 Å². The van der Waals surface area contributed by atoms with Gasteiger partial charge in [0.2, 0.25) is 0 Å². The molecule has 0 bridgehead atoms. The minimum atomic E-state index is 0. The molecule has 0 radical (unpaired) electrons. The van der Waals surface area contributed by atoms with Crippen LogP contribution in [0.15, 0.2) is 84.9 Å². The molecule has 2 fully saturated rings. The van der Waals surface area contributed by atoms with Crippen LogP contribution >= 0.6 is 15.8 Å². The second-order valence-corrected chi connectivity index (χ2v) is 16.1. The fourth-order valence-corrected chi connectivity index (χ4v) is 12.8. The van der Waals surface area contributed by atoms with Gasteiger partial charge in [0.05, 0.1) is 0 Å². The number of hydrogen-bond acceptors (Lipinski definition) is 0. The Balaban J connectivity index is 0.000000202. The third-order valence-electron chi connectivity index (χ3n) is 7.41. The van der Waals surface area contributed by atoms with Gasteiger partial charge in [-0.05, 0) is 70.1 Å². The normalized spacial score (nSPS) is 24.7. The summed E-state index contributed by atoms with van der Waals surface area (Å²) in [5.41, 5.74) is 6.20. The molecular weight excluding hydrogens is 641 g/mol. The maximum atomic E-state index is 2.50. The van der Waals surface area contributed by atoms with Gasteiger partial charge in [-0.15, -0.1) is 0 Å². The van der Waals surface area contributed by atoms with Crippen LogP contribution in [0, 0.1) is 0 Å². The zero-order valence-electron chi connectivity index (χ0n) is 21.6. The van der Waals surface area contributed by atoms with E-state index >= 15 is 0 Å². The van der Waals surface area contributed by atoms with Gasteiger partial charge in [-0.3, -0.25) is 0 Å². The van der Waals surface area contributed by atoms with Crippen LogP contribution in [-0.4, -0.2) is 22.6 Å². The summed E-state index contributed by atoms with van der Waals surface area (Å²) in [6.07, 6.45) is 10.0. The third-order valence-corrected chi connectivity index (χ3v) is 14.3. The van der Waals surface area contributed by atoms with E-state index in [1.807, 2.05) is 36.4 Å². The van der Waals surface area contributed by atoms with Gasteiger partial charge in [0.1, 0.15) is 0 Å². The summed E-state index contributed by atoms with van der Waals surface area (Å²) in [6, 6.07) is 30.2. The maximum Gasteiger partial charge on any atom is 0 e. The van der Waals surface area contributed by atoms with E-state index in [4.69, 9.17) is 0 Å². The Morgan fingerprint density at radius 2 is 0.771 bits per heavy atom. The minimum absolute atomic E-state index is 0. The molecule has 5 rings (SSSR count). The van der Waals surface area contributed by atoms with Crippen LogP contribution in [0.3, 0.4) is 0 Å². The molecule has 0 saturated carbocycles. The Morgan fingerprint density at radius 3 is 1.09 bits per heavy atom. The molecular formula is C32H40P2Pt. The van der Waals surface area contributed by atoms with Crippen molar-refractivity contribution < 1.29 is 21.1 Å². The van der Waals surface area contributed by atoms with Gasteiger partial charge < -0.3 is 0 Å². The SMILES string of the molecule is C(=C\c1ccccc1)/c1ccccc1.C[C@@H]1CC[C@@H](C)P1c1ccccc1P1[C@H](C)CC[C@H]1C.[Pt]. The molecule has 0 aromatic heterocycles. The van der Waals surface area contributed by atoms with Crippen LogP contribution < -0.4 is 10.6 Å². The summed E-state index contributed by atoms with van der Waals surface area (Å²) in [6.45, 7) is 10.0. The third kappa shape index (κ3) is 7.48. The first-order valence-corrected chi connectivity index (χ1v) is 15.9. The number of hydrogen-bond donors (Lipinski definition) is 0. The molecule has 2 saturated heterocycles. The van der Waals surface area contributed by atoms with Crippen molar-refractivity contribution >= 4 is 38.6 Å². The molecule has 35 heavy (non-hydrogen) atoms. The van der Waals surface area contributed by atoms with Gasteiger partial charge in [-0.2, -0.15) is 0 Å². The van der Waals surface area contributed by atoms with Gasteiger partial charge in [-0.1, -0.05) is 141 Å². The zero-order valence-corrected chi connectivity index (χ0v) is 25.6. The molecule has 0 unspecified atom stereocenters. The van der Waals surface area contributed by atoms with Crippen LogP contribution in [-0.2, 0) is 21.1 Å². The average Bonchev–Trinajstić information content (AvgIpc) is 3.39. The number of benzene rings is 3. The standard InChI is InChI=1S/C18H28P2.C14H12.Pt/c1-13-9-10-14(2)19(13)17-7-5-6-8-18(17)20-15(3)11-12-16(20)4;1-3-7-13(8-4-1)11-12-14-9-5-2-6-10-14;/h5-8,13-16H,9-12H2,1-4H3;1-12H;/b;12-11+;/t13-,14-,15-,16-;;/m1../s1. The van der Waals surface area contributed by atoms with Gasteiger partial charge in [-0.25, -0.2) is 0 Å². The predicted octanol–water partition coefficient (Wildman–Crippen LogP) is 8.90. The average molecular weight is 682 g/mol. The summed E-state index contributed by atoms with van der Waals surface area (Å²) >= 11 is 0. The van der Waals surface area contributed by atoms with E-state index in [-0.39, 0.29) is 36.9 Å². The van der Waals surface area contributed by atoms with Crippen molar-refractivity contribution in [3.63, 3.8) is 0 Å². The summed E-state index contributed by atoms with van der Waals surface area (Å²) in [5, 5.41) is 3.57. The molecule has 2 heterocycles. The Kier molecular flexibility index (Phi) is 11.4. The fourth-order valence-electron chi connectivity index (χ4n) is 5.56. The van der Waals surface area contributed by atoms with Crippen molar-refractivity contribution in [1.82, 2.24) is 0 Å². The van der Waals surface area contributed by atoms with Crippen molar-refractivity contribution in [2.45, 2.75) is 76.0 Å². The molecule has 4 atom stereocenters. The van der Waals surface area contributed by atoms with E-state index in [1.54, 1.807) is 10.6 Å². The fraction of sp³-hybridized carbons (Fsp3) is 0.375. The van der Waals surface area contributed by atoms with E-state index in [9.17, 15) is 0 Å². The van der Waals surface area contributed by atoms with Crippen LogP contribution in [0.5, 0.6) is 0 Å². The maximum absolute atomic E-state index is 2.50. The molecule has 0 N–H and O–H groups in total. The second-order valence-electron chi connectivity index (χ2n) is 10.0. The molecule has 0 aliphatic carbocycles. The Morgan fingerprint density at radius 1 is 0.486 bits per heavy atom. The van der Waals surface area contributed by atoms with Crippen LogP contribution in [0.25, 0.3) is 12.2 Å². The largest absolute Gasteiger partial charge is 0.0688 e.